The summed E-state index contributed by atoms with van der Waals surface area (Å²) in [4.78, 5) is 10.7. The summed E-state index contributed by atoms with van der Waals surface area (Å²) in [6, 6.07) is 2.00. The molecule has 5 heteroatoms. The zero-order valence-electron chi connectivity index (χ0n) is 7.38. The van der Waals surface area contributed by atoms with Crippen LogP contribution in [-0.4, -0.2) is 17.7 Å². The smallest absolute Gasteiger partial charge is 0.339 e. The molecule has 0 aliphatic carbocycles. The zero-order chi connectivity index (χ0) is 10.7. The quantitative estimate of drug-likeness (QED) is 0.848. The molecule has 0 saturated heterocycles. The molecule has 76 valence electrons. The second kappa shape index (κ2) is 4.28. The summed E-state index contributed by atoms with van der Waals surface area (Å²) in [7, 11) is 0. The van der Waals surface area contributed by atoms with Crippen molar-refractivity contribution in [1.29, 1.82) is 0 Å². The van der Waals surface area contributed by atoms with Crippen LogP contribution in [0.25, 0.3) is 0 Å². The van der Waals surface area contributed by atoms with Gasteiger partial charge in [-0.05, 0) is 13.0 Å². The highest BCUT2D eigenvalue weighted by Gasteiger charge is 2.14. The minimum Gasteiger partial charge on any atom is -0.493 e. The first-order chi connectivity index (χ1) is 6.56. The van der Waals surface area contributed by atoms with Crippen LogP contribution in [-0.2, 0) is 0 Å². The van der Waals surface area contributed by atoms with E-state index in [0.29, 0.717) is 6.61 Å². The van der Waals surface area contributed by atoms with Crippen LogP contribution in [0.15, 0.2) is 12.1 Å². The number of benzene rings is 1. The summed E-state index contributed by atoms with van der Waals surface area (Å²) in [6.45, 7) is 1.99. The van der Waals surface area contributed by atoms with E-state index in [1.165, 1.54) is 0 Å². The van der Waals surface area contributed by atoms with E-state index in [4.69, 9.17) is 21.4 Å². The summed E-state index contributed by atoms with van der Waals surface area (Å²) in [5.41, 5.74) is -0.228. The van der Waals surface area contributed by atoms with Crippen molar-refractivity contribution in [2.75, 3.05) is 6.61 Å². The molecule has 1 aromatic rings. The number of hydrogen-bond donors (Lipinski definition) is 1. The van der Waals surface area contributed by atoms with Gasteiger partial charge >= 0.3 is 5.97 Å². The number of rotatable bonds is 3. The van der Waals surface area contributed by atoms with Crippen molar-refractivity contribution >= 4 is 17.6 Å². The molecule has 1 rings (SSSR count). The van der Waals surface area contributed by atoms with Gasteiger partial charge in [0.15, 0.2) is 0 Å². The minimum atomic E-state index is -1.25. The molecular formula is C9H8ClFO3. The van der Waals surface area contributed by atoms with Crippen molar-refractivity contribution in [1.82, 2.24) is 0 Å². The van der Waals surface area contributed by atoms with Crippen LogP contribution in [0.2, 0.25) is 5.02 Å². The highest BCUT2D eigenvalue weighted by Crippen LogP contribution is 2.26. The number of hydrogen-bond acceptors (Lipinski definition) is 2. The molecule has 0 fully saturated rings. The molecule has 3 nitrogen and oxygen atoms in total. The lowest BCUT2D eigenvalue weighted by atomic mass is 10.2. The van der Waals surface area contributed by atoms with Crippen molar-refractivity contribution in [2.24, 2.45) is 0 Å². The molecule has 0 aliphatic rings. The average molecular weight is 219 g/mol. The SMILES string of the molecule is CCOc1cc(Cl)c(F)cc1C(=O)O. The van der Waals surface area contributed by atoms with Crippen LogP contribution >= 0.6 is 11.6 Å². The minimum absolute atomic E-state index is 0.0754. The highest BCUT2D eigenvalue weighted by atomic mass is 35.5. The Morgan fingerprint density at radius 1 is 1.64 bits per heavy atom. The topological polar surface area (TPSA) is 46.5 Å². The maximum Gasteiger partial charge on any atom is 0.339 e. The van der Waals surface area contributed by atoms with Crippen molar-refractivity contribution in [3.8, 4) is 5.75 Å². The van der Waals surface area contributed by atoms with Crippen molar-refractivity contribution < 1.29 is 19.0 Å². The number of carbonyl (C=O) groups is 1. The third kappa shape index (κ3) is 2.14. The number of aromatic carboxylic acids is 1. The molecule has 0 aromatic heterocycles. The molecule has 0 unspecified atom stereocenters. The Bertz CT molecular complexity index is 365. The van der Waals surface area contributed by atoms with Gasteiger partial charge in [0.05, 0.1) is 11.6 Å². The van der Waals surface area contributed by atoms with Gasteiger partial charge < -0.3 is 9.84 Å². The third-order valence-electron chi connectivity index (χ3n) is 1.55. The number of carboxylic acid groups (broad SMARTS) is 1. The largest absolute Gasteiger partial charge is 0.493 e. The predicted octanol–water partition coefficient (Wildman–Crippen LogP) is 2.58. The van der Waals surface area contributed by atoms with Crippen LogP contribution in [0.3, 0.4) is 0 Å². The van der Waals surface area contributed by atoms with E-state index < -0.39 is 11.8 Å². The normalized spacial score (nSPS) is 9.93. The molecule has 1 aromatic carbocycles. The Morgan fingerprint density at radius 2 is 2.29 bits per heavy atom. The Morgan fingerprint density at radius 3 is 2.79 bits per heavy atom. The van der Waals surface area contributed by atoms with Crippen LogP contribution < -0.4 is 4.74 Å². The van der Waals surface area contributed by atoms with Crippen LogP contribution in [0.1, 0.15) is 17.3 Å². The van der Waals surface area contributed by atoms with Gasteiger partial charge in [0.25, 0.3) is 0 Å². The van der Waals surface area contributed by atoms with E-state index in [-0.39, 0.29) is 16.3 Å². The second-order valence-corrected chi connectivity index (χ2v) is 2.91. The average Bonchev–Trinajstić information content (AvgIpc) is 2.11. The molecule has 0 spiro atoms. The number of ether oxygens (including phenoxy) is 1. The monoisotopic (exact) mass is 218 g/mol. The molecule has 0 atom stereocenters. The third-order valence-corrected chi connectivity index (χ3v) is 1.84. The molecule has 0 radical (unpaired) electrons. The van der Waals surface area contributed by atoms with E-state index in [1.54, 1.807) is 6.92 Å². The second-order valence-electron chi connectivity index (χ2n) is 2.50. The first kappa shape index (κ1) is 10.8. The summed E-state index contributed by atoms with van der Waals surface area (Å²) < 4.78 is 17.9. The maximum absolute atomic E-state index is 12.9. The molecule has 0 bridgehead atoms. The zero-order valence-corrected chi connectivity index (χ0v) is 8.14. The number of halogens is 2. The fourth-order valence-corrected chi connectivity index (χ4v) is 1.12. The number of carboxylic acids is 1. The van der Waals surface area contributed by atoms with Gasteiger partial charge in [0.1, 0.15) is 17.1 Å². The molecule has 0 saturated carbocycles. The van der Waals surface area contributed by atoms with Gasteiger partial charge in [-0.1, -0.05) is 11.6 Å². The van der Waals surface area contributed by atoms with Crippen LogP contribution in [0, 0.1) is 5.82 Å². The Balaban J connectivity index is 3.24. The van der Waals surface area contributed by atoms with E-state index in [0.717, 1.165) is 12.1 Å². The van der Waals surface area contributed by atoms with Crippen molar-refractivity contribution in [3.05, 3.63) is 28.5 Å². The molecule has 0 aliphatic heterocycles. The first-order valence-electron chi connectivity index (χ1n) is 3.91. The fourth-order valence-electron chi connectivity index (χ4n) is 0.971. The highest BCUT2D eigenvalue weighted by molar-refractivity contribution is 6.31. The summed E-state index contributed by atoms with van der Waals surface area (Å²) in [5.74, 6) is -1.94. The first-order valence-corrected chi connectivity index (χ1v) is 4.29. The lowest BCUT2D eigenvalue weighted by Gasteiger charge is -2.07. The van der Waals surface area contributed by atoms with Gasteiger partial charge in [-0.15, -0.1) is 0 Å². The molecule has 14 heavy (non-hydrogen) atoms. The van der Waals surface area contributed by atoms with Gasteiger partial charge in [-0.2, -0.15) is 0 Å². The predicted molar refractivity (Wildman–Crippen MR) is 49.5 cm³/mol. The molecule has 1 N–H and O–H groups in total. The van der Waals surface area contributed by atoms with Gasteiger partial charge in [0.2, 0.25) is 0 Å². The molecule has 0 heterocycles. The maximum atomic E-state index is 12.9. The van der Waals surface area contributed by atoms with E-state index >= 15 is 0 Å². The lowest BCUT2D eigenvalue weighted by Crippen LogP contribution is -2.03. The summed E-state index contributed by atoms with van der Waals surface area (Å²) in [5, 5.41) is 8.56. The molecular weight excluding hydrogens is 211 g/mol. The van der Waals surface area contributed by atoms with Crippen molar-refractivity contribution in [2.45, 2.75) is 6.92 Å². The van der Waals surface area contributed by atoms with Gasteiger partial charge in [-0.3, -0.25) is 0 Å². The Kier molecular flexibility index (Phi) is 3.30. The standard InChI is InChI=1S/C9H8ClFO3/c1-2-14-8-4-6(10)7(11)3-5(8)9(12)13/h3-4H,2H2,1H3,(H,12,13). The molecule has 0 amide bonds. The summed E-state index contributed by atoms with van der Waals surface area (Å²) in [6.07, 6.45) is 0. The Labute approximate surface area is 85.1 Å². The van der Waals surface area contributed by atoms with Gasteiger partial charge in [-0.25, -0.2) is 9.18 Å². The van der Waals surface area contributed by atoms with Gasteiger partial charge in [0, 0.05) is 6.07 Å². The van der Waals surface area contributed by atoms with Crippen molar-refractivity contribution in [3.63, 3.8) is 0 Å². The summed E-state index contributed by atoms with van der Waals surface area (Å²) >= 11 is 5.48. The fraction of sp³-hybridized carbons (Fsp3) is 0.222. The van der Waals surface area contributed by atoms with Crippen LogP contribution in [0.4, 0.5) is 4.39 Å². The Hall–Kier alpha value is -1.29. The van der Waals surface area contributed by atoms with E-state index in [9.17, 15) is 9.18 Å². The van der Waals surface area contributed by atoms with E-state index in [1.807, 2.05) is 0 Å². The van der Waals surface area contributed by atoms with Crippen LogP contribution in [0.5, 0.6) is 5.75 Å². The lowest BCUT2D eigenvalue weighted by molar-refractivity contribution is 0.0692. The van der Waals surface area contributed by atoms with E-state index in [2.05, 4.69) is 0 Å².